The fourth-order valence-electron chi connectivity index (χ4n) is 4.10. The van der Waals surface area contributed by atoms with Gasteiger partial charge in [0.25, 0.3) is 5.91 Å². The molecule has 0 bridgehead atoms. The summed E-state index contributed by atoms with van der Waals surface area (Å²) in [5.41, 5.74) is 3.83. The number of oxime groups is 1. The number of rotatable bonds is 4. The van der Waals surface area contributed by atoms with Crippen molar-refractivity contribution in [1.29, 1.82) is 0 Å². The number of hydrogen-bond donors (Lipinski definition) is 1. The number of para-hydroxylation sites is 2. The first kappa shape index (κ1) is 20.9. The smallest absolute Gasteiger partial charge is 0.321 e. The number of piperidine rings is 1. The Kier molecular flexibility index (Phi) is 6.50. The molecule has 7 heteroatoms. The van der Waals surface area contributed by atoms with Crippen molar-refractivity contribution in [3.63, 3.8) is 0 Å². The monoisotopic (exact) mass is 420 g/mol. The molecule has 2 aliphatic rings. The molecule has 1 atom stereocenters. The van der Waals surface area contributed by atoms with E-state index in [1.807, 2.05) is 53.4 Å². The molecular weight excluding hydrogens is 392 g/mol. The molecule has 0 aromatic heterocycles. The summed E-state index contributed by atoms with van der Waals surface area (Å²) < 4.78 is 0. The Labute approximate surface area is 182 Å². The summed E-state index contributed by atoms with van der Waals surface area (Å²) in [6, 6.07) is 17.5. The van der Waals surface area contributed by atoms with Crippen LogP contribution in [-0.4, -0.2) is 48.3 Å². The molecule has 3 amide bonds. The van der Waals surface area contributed by atoms with Crippen LogP contribution in [0, 0.1) is 0 Å². The van der Waals surface area contributed by atoms with Crippen molar-refractivity contribution in [2.45, 2.75) is 38.6 Å². The summed E-state index contributed by atoms with van der Waals surface area (Å²) in [6.45, 7) is 3.13. The van der Waals surface area contributed by atoms with Gasteiger partial charge in [-0.05, 0) is 43.5 Å². The lowest BCUT2D eigenvalue weighted by Gasteiger charge is -2.35. The number of fused-ring (bicyclic) bond motifs is 1. The number of nitrogens with one attached hydrogen (secondary N) is 1. The molecule has 0 saturated carbocycles. The molecule has 7 nitrogen and oxygen atoms in total. The van der Waals surface area contributed by atoms with Crippen LogP contribution in [0.5, 0.6) is 0 Å². The molecule has 2 heterocycles. The van der Waals surface area contributed by atoms with Crippen molar-refractivity contribution in [2.75, 3.05) is 29.9 Å². The van der Waals surface area contributed by atoms with Crippen LogP contribution >= 0.6 is 0 Å². The highest BCUT2D eigenvalue weighted by Gasteiger charge is 2.28. The predicted molar refractivity (Wildman–Crippen MR) is 121 cm³/mol. The molecule has 2 aromatic rings. The molecule has 4 rings (SSSR count). The van der Waals surface area contributed by atoms with Gasteiger partial charge in [-0.2, -0.15) is 0 Å². The lowest BCUT2D eigenvalue weighted by atomic mass is 9.96. The van der Waals surface area contributed by atoms with E-state index in [1.54, 1.807) is 4.90 Å². The minimum Gasteiger partial charge on any atom is -0.386 e. The molecule has 1 fully saturated rings. The molecule has 1 unspecified atom stereocenters. The van der Waals surface area contributed by atoms with E-state index in [-0.39, 0.29) is 24.6 Å². The first-order valence-electron chi connectivity index (χ1n) is 10.8. The van der Waals surface area contributed by atoms with Gasteiger partial charge in [-0.1, -0.05) is 41.6 Å². The maximum atomic E-state index is 12.8. The second kappa shape index (κ2) is 9.64. The quantitative estimate of drug-likeness (QED) is 0.758. The van der Waals surface area contributed by atoms with E-state index < -0.39 is 0 Å². The second-order valence-corrected chi connectivity index (χ2v) is 7.99. The predicted octanol–water partition coefficient (Wildman–Crippen LogP) is 4.05. The van der Waals surface area contributed by atoms with Crippen molar-refractivity contribution in [2.24, 2.45) is 5.16 Å². The highest BCUT2D eigenvalue weighted by molar-refractivity contribution is 5.96. The lowest BCUT2D eigenvalue weighted by Crippen LogP contribution is -2.44. The van der Waals surface area contributed by atoms with Crippen LogP contribution < -0.4 is 10.2 Å². The zero-order valence-corrected chi connectivity index (χ0v) is 17.8. The number of carbonyl (C=O) groups excluding carboxylic acids is 2. The first-order valence-corrected chi connectivity index (χ1v) is 10.8. The molecule has 0 radical (unpaired) electrons. The molecule has 2 aliphatic heterocycles. The average molecular weight is 421 g/mol. The number of urea groups is 1. The van der Waals surface area contributed by atoms with Gasteiger partial charge in [-0.25, -0.2) is 4.79 Å². The number of nitrogens with zero attached hydrogens (tertiary/aromatic N) is 3. The van der Waals surface area contributed by atoms with Crippen LogP contribution in [0.3, 0.4) is 0 Å². The van der Waals surface area contributed by atoms with Gasteiger partial charge >= 0.3 is 6.03 Å². The minimum absolute atomic E-state index is 0.0799. The van der Waals surface area contributed by atoms with E-state index >= 15 is 0 Å². The number of benzene rings is 2. The Morgan fingerprint density at radius 2 is 1.74 bits per heavy atom. The Morgan fingerprint density at radius 3 is 2.52 bits per heavy atom. The van der Waals surface area contributed by atoms with Crippen LogP contribution in [0.15, 0.2) is 59.8 Å². The summed E-state index contributed by atoms with van der Waals surface area (Å²) >= 11 is 0. The van der Waals surface area contributed by atoms with Crippen molar-refractivity contribution < 1.29 is 14.4 Å². The van der Waals surface area contributed by atoms with E-state index in [2.05, 4.69) is 23.5 Å². The van der Waals surface area contributed by atoms with Gasteiger partial charge in [0.05, 0.1) is 5.71 Å². The third kappa shape index (κ3) is 5.05. The van der Waals surface area contributed by atoms with E-state index in [0.29, 0.717) is 25.9 Å². The third-order valence-electron chi connectivity index (χ3n) is 5.83. The Bertz CT molecular complexity index is 950. The van der Waals surface area contributed by atoms with Gasteiger partial charge in [0.2, 0.25) is 0 Å². The van der Waals surface area contributed by atoms with Crippen LogP contribution in [0.4, 0.5) is 16.2 Å². The minimum atomic E-state index is -0.112. The van der Waals surface area contributed by atoms with E-state index in [9.17, 15) is 9.59 Å². The number of amides is 3. The lowest BCUT2D eigenvalue weighted by molar-refractivity contribution is -0.123. The van der Waals surface area contributed by atoms with Crippen LogP contribution in [-0.2, 0) is 16.1 Å². The van der Waals surface area contributed by atoms with Gasteiger partial charge in [-0.3, -0.25) is 4.79 Å². The molecule has 162 valence electrons. The fraction of sp³-hybridized carbons (Fsp3) is 0.375. The van der Waals surface area contributed by atoms with Gasteiger partial charge in [-0.15, -0.1) is 0 Å². The van der Waals surface area contributed by atoms with Crippen LogP contribution in [0.1, 0.15) is 31.7 Å². The van der Waals surface area contributed by atoms with Crippen molar-refractivity contribution in [3.05, 3.63) is 60.2 Å². The maximum Gasteiger partial charge on any atom is 0.321 e. The van der Waals surface area contributed by atoms with Crippen molar-refractivity contribution in [1.82, 2.24) is 4.90 Å². The van der Waals surface area contributed by atoms with Gasteiger partial charge in [0.1, 0.15) is 0 Å². The second-order valence-electron chi connectivity index (χ2n) is 7.99. The molecule has 31 heavy (non-hydrogen) atoms. The zero-order chi connectivity index (χ0) is 21.6. The zero-order valence-electron chi connectivity index (χ0n) is 17.8. The Balaban J connectivity index is 1.26. The van der Waals surface area contributed by atoms with E-state index in [4.69, 9.17) is 4.84 Å². The molecule has 1 saturated heterocycles. The van der Waals surface area contributed by atoms with Crippen LogP contribution in [0.2, 0.25) is 0 Å². The Hall–Kier alpha value is -3.35. The van der Waals surface area contributed by atoms with Crippen LogP contribution in [0.25, 0.3) is 0 Å². The van der Waals surface area contributed by atoms with Gasteiger partial charge in [0.15, 0.2) is 6.61 Å². The summed E-state index contributed by atoms with van der Waals surface area (Å²) in [7, 11) is 0. The normalized spacial score (nSPS) is 18.2. The topological polar surface area (TPSA) is 74.2 Å². The highest BCUT2D eigenvalue weighted by atomic mass is 16.6. The van der Waals surface area contributed by atoms with Crippen molar-refractivity contribution >= 4 is 29.0 Å². The number of likely N-dealkylation sites (tertiary alicyclic amines) is 1. The third-order valence-corrected chi connectivity index (χ3v) is 5.83. The maximum absolute atomic E-state index is 12.8. The summed E-state index contributed by atoms with van der Waals surface area (Å²) in [6.07, 6.45) is 3.20. The molecule has 1 N–H and O–H groups in total. The largest absolute Gasteiger partial charge is 0.386 e. The summed E-state index contributed by atoms with van der Waals surface area (Å²) in [4.78, 5) is 34.2. The molecule has 2 aromatic carbocycles. The van der Waals surface area contributed by atoms with Gasteiger partial charge in [0, 0.05) is 43.3 Å². The summed E-state index contributed by atoms with van der Waals surface area (Å²) in [5.74, 6) is -0.0799. The Morgan fingerprint density at radius 1 is 1.03 bits per heavy atom. The molecule has 0 aliphatic carbocycles. The molecule has 0 spiro atoms. The van der Waals surface area contributed by atoms with E-state index in [1.165, 1.54) is 5.56 Å². The fourth-order valence-corrected chi connectivity index (χ4v) is 4.10. The summed E-state index contributed by atoms with van der Waals surface area (Å²) in [5, 5.41) is 7.09. The van der Waals surface area contributed by atoms with Gasteiger partial charge < -0.3 is 20.0 Å². The number of carbonyl (C=O) groups is 2. The SMILES string of the molecule is CC1CCc2ccccc2N1C(=O)CON=C1CCN(C(=O)Nc2ccccc2)CC1. The first-order chi connectivity index (χ1) is 15.1. The standard InChI is InChI=1S/C24H28N4O3/c1-18-11-12-19-7-5-6-10-22(19)28(18)23(29)17-31-26-21-13-15-27(16-14-21)24(30)25-20-8-3-2-4-9-20/h2-10,18H,11-17H2,1H3,(H,25,30). The van der Waals surface area contributed by atoms with Crippen molar-refractivity contribution in [3.8, 4) is 0 Å². The van der Waals surface area contributed by atoms with E-state index in [0.717, 1.165) is 29.9 Å². The molecular formula is C24H28N4O3. The number of anilines is 2. The average Bonchev–Trinajstić information content (AvgIpc) is 2.80. The number of aryl methyl sites for hydroxylation is 1. The number of hydrogen-bond acceptors (Lipinski definition) is 4. The highest BCUT2D eigenvalue weighted by Crippen LogP contribution is 2.30.